The molecule has 2 N–H and O–H groups in total. The molecule has 0 bridgehead atoms. The van der Waals surface area contributed by atoms with E-state index >= 15 is 0 Å². The summed E-state index contributed by atoms with van der Waals surface area (Å²) in [5, 5.41) is 12.0. The van der Waals surface area contributed by atoms with Gasteiger partial charge in [-0.25, -0.2) is 4.79 Å². The van der Waals surface area contributed by atoms with Crippen LogP contribution in [0.5, 0.6) is 0 Å². The van der Waals surface area contributed by atoms with E-state index in [0.29, 0.717) is 5.92 Å². The van der Waals surface area contributed by atoms with E-state index in [1.165, 1.54) is 0 Å². The van der Waals surface area contributed by atoms with Crippen molar-refractivity contribution in [3.63, 3.8) is 0 Å². The van der Waals surface area contributed by atoms with Crippen molar-refractivity contribution in [2.75, 3.05) is 5.32 Å². The highest BCUT2D eigenvalue weighted by molar-refractivity contribution is 5.86. The summed E-state index contributed by atoms with van der Waals surface area (Å²) in [7, 11) is 0. The number of nitrogens with one attached hydrogen (secondary N) is 1. The van der Waals surface area contributed by atoms with Crippen LogP contribution in [-0.2, 0) is 11.3 Å². The van der Waals surface area contributed by atoms with Gasteiger partial charge in [-0.2, -0.15) is 0 Å². The minimum Gasteiger partial charge on any atom is -0.444 e. The van der Waals surface area contributed by atoms with E-state index < -0.39 is 11.7 Å². The Morgan fingerprint density at radius 3 is 2.63 bits per heavy atom. The van der Waals surface area contributed by atoms with Gasteiger partial charge in [0.15, 0.2) is 0 Å². The largest absolute Gasteiger partial charge is 0.444 e. The summed E-state index contributed by atoms with van der Waals surface area (Å²) in [6, 6.07) is 5.62. The van der Waals surface area contributed by atoms with Gasteiger partial charge in [-0.05, 0) is 56.7 Å². The fourth-order valence-electron chi connectivity index (χ4n) is 1.97. The molecule has 104 valence electrons. The number of ether oxygens (including phenoxy) is 1. The maximum Gasteiger partial charge on any atom is 0.412 e. The highest BCUT2D eigenvalue weighted by Crippen LogP contribution is 2.43. The van der Waals surface area contributed by atoms with E-state index in [2.05, 4.69) is 5.32 Å². The lowest BCUT2D eigenvalue weighted by atomic mass is 10.0. The number of aliphatic hydroxyl groups excluding tert-OH is 1. The van der Waals surface area contributed by atoms with Crippen molar-refractivity contribution in [2.45, 2.75) is 51.7 Å². The number of carbonyl (C=O) groups is 1. The fourth-order valence-corrected chi connectivity index (χ4v) is 1.97. The van der Waals surface area contributed by atoms with Crippen molar-refractivity contribution in [2.24, 2.45) is 0 Å². The Morgan fingerprint density at radius 1 is 1.42 bits per heavy atom. The molecule has 0 atom stereocenters. The van der Waals surface area contributed by atoms with Gasteiger partial charge in [0.2, 0.25) is 0 Å². The topological polar surface area (TPSA) is 58.6 Å². The minimum absolute atomic E-state index is 0.0203. The Morgan fingerprint density at radius 2 is 2.11 bits per heavy atom. The number of hydrogen-bond donors (Lipinski definition) is 2. The number of carbonyl (C=O) groups excluding carboxylic acids is 1. The predicted octanol–water partition coefficient (Wildman–Crippen LogP) is 3.40. The first-order valence-corrected chi connectivity index (χ1v) is 6.63. The van der Waals surface area contributed by atoms with Crippen LogP contribution in [0.4, 0.5) is 10.5 Å². The van der Waals surface area contributed by atoms with Crippen LogP contribution in [0, 0.1) is 0 Å². The molecule has 0 aliphatic heterocycles. The van der Waals surface area contributed by atoms with Gasteiger partial charge < -0.3 is 9.84 Å². The van der Waals surface area contributed by atoms with Crippen LogP contribution in [-0.4, -0.2) is 16.8 Å². The molecular formula is C15H21NO3. The van der Waals surface area contributed by atoms with Crippen molar-refractivity contribution in [3.05, 3.63) is 29.3 Å². The van der Waals surface area contributed by atoms with Crippen LogP contribution < -0.4 is 5.32 Å². The van der Waals surface area contributed by atoms with Crippen molar-refractivity contribution in [1.82, 2.24) is 0 Å². The van der Waals surface area contributed by atoms with Crippen LogP contribution in [0.1, 0.15) is 50.7 Å². The molecule has 0 spiro atoms. The molecule has 1 aromatic carbocycles. The SMILES string of the molecule is CC(C)(C)OC(=O)Nc1ccc(CO)cc1C1CC1. The summed E-state index contributed by atoms with van der Waals surface area (Å²) < 4.78 is 5.25. The summed E-state index contributed by atoms with van der Waals surface area (Å²) in [5.74, 6) is 0.497. The first-order chi connectivity index (χ1) is 8.89. The normalized spacial score (nSPS) is 15.2. The molecule has 0 radical (unpaired) electrons. The van der Waals surface area contributed by atoms with Gasteiger partial charge in [0.05, 0.1) is 6.61 Å². The molecule has 1 amide bonds. The number of amides is 1. The van der Waals surface area contributed by atoms with Gasteiger partial charge in [-0.1, -0.05) is 12.1 Å². The molecule has 4 heteroatoms. The smallest absolute Gasteiger partial charge is 0.412 e. The molecule has 1 aromatic rings. The zero-order valence-electron chi connectivity index (χ0n) is 11.7. The lowest BCUT2D eigenvalue weighted by Gasteiger charge is -2.20. The molecule has 0 aromatic heterocycles. The number of rotatable bonds is 3. The Balaban J connectivity index is 2.13. The number of hydrogen-bond acceptors (Lipinski definition) is 3. The van der Waals surface area contributed by atoms with Gasteiger partial charge in [0.25, 0.3) is 0 Å². The van der Waals surface area contributed by atoms with Gasteiger partial charge >= 0.3 is 6.09 Å². The van der Waals surface area contributed by atoms with Gasteiger partial charge in [-0.3, -0.25) is 5.32 Å². The van der Waals surface area contributed by atoms with E-state index in [1.54, 1.807) is 0 Å². The summed E-state index contributed by atoms with van der Waals surface area (Å²) in [6.45, 7) is 5.53. The Bertz CT molecular complexity index is 473. The minimum atomic E-state index is -0.505. The number of anilines is 1. The molecule has 0 heterocycles. The van der Waals surface area contributed by atoms with Crippen LogP contribution in [0.15, 0.2) is 18.2 Å². The molecule has 1 saturated carbocycles. The zero-order chi connectivity index (χ0) is 14.0. The second kappa shape index (κ2) is 5.21. The van der Waals surface area contributed by atoms with Crippen molar-refractivity contribution >= 4 is 11.8 Å². The molecule has 19 heavy (non-hydrogen) atoms. The summed E-state index contributed by atoms with van der Waals surface area (Å²) in [5.41, 5.74) is 2.25. The molecule has 1 aliphatic rings. The quantitative estimate of drug-likeness (QED) is 0.878. The molecule has 1 fully saturated rings. The zero-order valence-corrected chi connectivity index (χ0v) is 11.7. The van der Waals surface area contributed by atoms with Crippen LogP contribution in [0.25, 0.3) is 0 Å². The van der Waals surface area contributed by atoms with Crippen molar-refractivity contribution < 1.29 is 14.6 Å². The van der Waals surface area contributed by atoms with Crippen LogP contribution in [0.3, 0.4) is 0 Å². The third-order valence-electron chi connectivity index (χ3n) is 2.95. The second-order valence-electron chi connectivity index (χ2n) is 5.98. The van der Waals surface area contributed by atoms with Gasteiger partial charge in [0.1, 0.15) is 5.60 Å². The first kappa shape index (κ1) is 13.9. The van der Waals surface area contributed by atoms with Crippen LogP contribution >= 0.6 is 0 Å². The number of benzene rings is 1. The Hall–Kier alpha value is -1.55. The third kappa shape index (κ3) is 3.96. The Labute approximate surface area is 113 Å². The summed E-state index contributed by atoms with van der Waals surface area (Å²) >= 11 is 0. The summed E-state index contributed by atoms with van der Waals surface area (Å²) in [6.07, 6.45) is 1.83. The maximum atomic E-state index is 11.8. The van der Waals surface area contributed by atoms with E-state index in [9.17, 15) is 9.90 Å². The molecule has 4 nitrogen and oxygen atoms in total. The maximum absolute atomic E-state index is 11.8. The highest BCUT2D eigenvalue weighted by Gasteiger charge is 2.27. The van der Waals surface area contributed by atoms with Crippen LogP contribution in [0.2, 0.25) is 0 Å². The average molecular weight is 263 g/mol. The van der Waals surface area contributed by atoms with Gasteiger partial charge in [0, 0.05) is 5.69 Å². The lowest BCUT2D eigenvalue weighted by Crippen LogP contribution is -2.27. The standard InChI is InChI=1S/C15H21NO3/c1-15(2,3)19-14(18)16-13-7-4-10(9-17)8-12(13)11-5-6-11/h4,7-8,11,17H,5-6,9H2,1-3H3,(H,16,18). The monoisotopic (exact) mass is 263 g/mol. The van der Waals surface area contributed by atoms with E-state index in [1.807, 2.05) is 39.0 Å². The second-order valence-corrected chi connectivity index (χ2v) is 5.98. The average Bonchev–Trinajstić information content (AvgIpc) is 3.10. The Kier molecular flexibility index (Phi) is 3.80. The van der Waals surface area contributed by atoms with Gasteiger partial charge in [-0.15, -0.1) is 0 Å². The third-order valence-corrected chi connectivity index (χ3v) is 2.95. The molecule has 1 aliphatic carbocycles. The lowest BCUT2D eigenvalue weighted by molar-refractivity contribution is 0.0636. The van der Waals surface area contributed by atoms with Crippen molar-refractivity contribution in [1.29, 1.82) is 0 Å². The van der Waals surface area contributed by atoms with Crippen molar-refractivity contribution in [3.8, 4) is 0 Å². The molecule has 0 saturated heterocycles. The number of aliphatic hydroxyl groups is 1. The molecule has 0 unspecified atom stereocenters. The van der Waals surface area contributed by atoms with E-state index in [0.717, 1.165) is 29.7 Å². The van der Waals surface area contributed by atoms with E-state index in [-0.39, 0.29) is 6.61 Å². The molecular weight excluding hydrogens is 242 g/mol. The molecule has 2 rings (SSSR count). The first-order valence-electron chi connectivity index (χ1n) is 6.63. The van der Waals surface area contributed by atoms with E-state index in [4.69, 9.17) is 4.74 Å². The highest BCUT2D eigenvalue weighted by atomic mass is 16.6. The predicted molar refractivity (Wildman–Crippen MR) is 74.2 cm³/mol. The fraction of sp³-hybridized carbons (Fsp3) is 0.533. The summed E-state index contributed by atoms with van der Waals surface area (Å²) in [4.78, 5) is 11.8.